The molecule has 6 nitrogen and oxygen atoms in total. The monoisotopic (exact) mass is 528 g/mol. The average molecular weight is 529 g/mol. The molecule has 2 saturated heterocycles. The van der Waals surface area contributed by atoms with E-state index in [9.17, 15) is 14.0 Å². The van der Waals surface area contributed by atoms with Crippen molar-refractivity contribution >= 4 is 36.0 Å². The van der Waals surface area contributed by atoms with E-state index in [1.54, 1.807) is 17.0 Å². The summed E-state index contributed by atoms with van der Waals surface area (Å²) in [5.74, 6) is -0.453. The summed E-state index contributed by atoms with van der Waals surface area (Å²) in [6.45, 7) is 0.0615. The van der Waals surface area contributed by atoms with Crippen molar-refractivity contribution in [1.82, 2.24) is 4.90 Å². The van der Waals surface area contributed by atoms with E-state index in [1.165, 1.54) is 23.9 Å². The molecule has 5 rings (SSSR count). The van der Waals surface area contributed by atoms with Gasteiger partial charge >= 0.3 is 5.97 Å². The van der Waals surface area contributed by atoms with Gasteiger partial charge in [-0.2, -0.15) is 0 Å². The van der Waals surface area contributed by atoms with E-state index in [4.69, 9.17) is 15.2 Å². The lowest BCUT2D eigenvalue weighted by Gasteiger charge is -2.53. The molecule has 1 amide bonds. The van der Waals surface area contributed by atoms with Crippen LogP contribution in [0.15, 0.2) is 84.9 Å². The molecule has 3 aromatic rings. The molecule has 3 atom stereocenters. The van der Waals surface area contributed by atoms with Gasteiger partial charge in [0.05, 0.1) is 0 Å². The first-order chi connectivity index (χ1) is 17.0. The van der Waals surface area contributed by atoms with Crippen LogP contribution in [0.1, 0.15) is 17.2 Å². The van der Waals surface area contributed by atoms with Crippen LogP contribution in [0, 0.1) is 11.2 Å². The van der Waals surface area contributed by atoms with Crippen LogP contribution in [0.2, 0.25) is 0 Å². The lowest BCUT2D eigenvalue weighted by atomic mass is 9.87. The van der Waals surface area contributed by atoms with Gasteiger partial charge in [-0.05, 0) is 23.3 Å². The number of hydrogen-bond acceptors (Lipinski definition) is 6. The molecule has 2 fully saturated rings. The standard InChI is InChI=1S/C27H25FN2O4S.ClH/c28-20-12-7-13-21(14-20)33-16-27(15-30-24(31)22(29)25(30)35-17-27)26(32)34-23(18-8-3-1-4-9-18)19-10-5-2-6-11-19;/h1-14,22-23,25H,15-17,29H2;1H/t22?,25-,27?;/m1./s1. The zero-order chi connectivity index (χ0) is 24.4. The Bertz CT molecular complexity index is 1180. The third kappa shape index (κ3) is 5.07. The van der Waals surface area contributed by atoms with E-state index in [-0.39, 0.29) is 36.8 Å². The molecular formula is C27H26ClFN2O4S. The lowest BCUT2D eigenvalue weighted by molar-refractivity contribution is -0.166. The second kappa shape index (κ2) is 10.9. The Balaban J connectivity index is 0.00000304. The third-order valence-corrected chi connectivity index (χ3v) is 7.97. The van der Waals surface area contributed by atoms with Crippen LogP contribution in [0.3, 0.4) is 0 Å². The maximum absolute atomic E-state index is 13.9. The largest absolute Gasteiger partial charge is 0.492 e. The highest BCUT2D eigenvalue weighted by molar-refractivity contribution is 8.00. The van der Waals surface area contributed by atoms with Crippen molar-refractivity contribution in [2.24, 2.45) is 11.1 Å². The molecule has 3 aromatic carbocycles. The molecule has 0 aliphatic carbocycles. The highest BCUT2D eigenvalue weighted by Gasteiger charge is 2.57. The van der Waals surface area contributed by atoms with Crippen LogP contribution in [-0.4, -0.2) is 47.1 Å². The Morgan fingerprint density at radius 1 is 1.06 bits per heavy atom. The second-order valence-corrected chi connectivity index (χ2v) is 9.93. The SMILES string of the molecule is Cl.NC1C(=O)N2CC(COc3cccc(F)c3)(C(=O)OC(c3ccccc3)c3ccccc3)CS[C@H]12. The van der Waals surface area contributed by atoms with Crippen molar-refractivity contribution in [3.63, 3.8) is 0 Å². The first kappa shape index (κ1) is 26.0. The number of amides is 1. The summed E-state index contributed by atoms with van der Waals surface area (Å²) in [5.41, 5.74) is 6.47. The number of benzene rings is 3. The van der Waals surface area contributed by atoms with Crippen molar-refractivity contribution in [2.45, 2.75) is 17.5 Å². The van der Waals surface area contributed by atoms with Gasteiger partial charge in [0.2, 0.25) is 5.91 Å². The van der Waals surface area contributed by atoms with Crippen LogP contribution in [0.5, 0.6) is 5.75 Å². The van der Waals surface area contributed by atoms with Crippen molar-refractivity contribution in [3.8, 4) is 5.75 Å². The molecule has 36 heavy (non-hydrogen) atoms. The van der Waals surface area contributed by atoms with Crippen molar-refractivity contribution in [1.29, 1.82) is 0 Å². The number of nitrogens with zero attached hydrogens (tertiary/aromatic N) is 1. The Kier molecular flexibility index (Phi) is 7.88. The summed E-state index contributed by atoms with van der Waals surface area (Å²) < 4.78 is 25.8. The number of carbonyl (C=O) groups excluding carboxylic acids is 2. The van der Waals surface area contributed by atoms with Gasteiger partial charge in [-0.25, -0.2) is 4.39 Å². The van der Waals surface area contributed by atoms with Crippen molar-refractivity contribution in [2.75, 3.05) is 18.9 Å². The normalized spacial score (nSPS) is 22.8. The molecule has 0 aromatic heterocycles. The van der Waals surface area contributed by atoms with Gasteiger partial charge < -0.3 is 20.1 Å². The first-order valence-corrected chi connectivity index (χ1v) is 12.4. The van der Waals surface area contributed by atoms with E-state index in [2.05, 4.69) is 0 Å². The smallest absolute Gasteiger partial charge is 0.319 e. The molecule has 188 valence electrons. The molecule has 2 aliphatic rings. The zero-order valence-corrected chi connectivity index (χ0v) is 20.9. The predicted octanol–water partition coefficient (Wildman–Crippen LogP) is 4.19. The maximum Gasteiger partial charge on any atom is 0.319 e. The number of ether oxygens (including phenoxy) is 2. The second-order valence-electron chi connectivity index (χ2n) is 8.83. The third-order valence-electron chi connectivity index (χ3n) is 6.36. The molecule has 0 saturated carbocycles. The minimum Gasteiger partial charge on any atom is -0.492 e. The Morgan fingerprint density at radius 3 is 2.31 bits per heavy atom. The number of esters is 1. The van der Waals surface area contributed by atoms with Crippen LogP contribution in [0.4, 0.5) is 4.39 Å². The van der Waals surface area contributed by atoms with E-state index in [1.807, 2.05) is 60.7 Å². The van der Waals surface area contributed by atoms with E-state index < -0.39 is 29.3 Å². The number of fused-ring (bicyclic) bond motifs is 1. The zero-order valence-electron chi connectivity index (χ0n) is 19.3. The first-order valence-electron chi connectivity index (χ1n) is 11.3. The molecule has 2 aliphatic heterocycles. The minimum absolute atomic E-state index is 0. The fourth-order valence-electron chi connectivity index (χ4n) is 4.39. The molecule has 2 unspecified atom stereocenters. The summed E-state index contributed by atoms with van der Waals surface area (Å²) in [4.78, 5) is 27.9. The molecule has 9 heteroatoms. The topological polar surface area (TPSA) is 81.9 Å². The van der Waals surface area contributed by atoms with Crippen molar-refractivity contribution in [3.05, 3.63) is 102 Å². The molecule has 2 heterocycles. The van der Waals surface area contributed by atoms with E-state index in [0.29, 0.717) is 11.5 Å². The Hall–Kier alpha value is -3.07. The molecule has 0 spiro atoms. The van der Waals surface area contributed by atoms with E-state index >= 15 is 0 Å². The van der Waals surface area contributed by atoms with Crippen LogP contribution in [0.25, 0.3) is 0 Å². The van der Waals surface area contributed by atoms with Crippen LogP contribution in [-0.2, 0) is 14.3 Å². The van der Waals surface area contributed by atoms with Gasteiger partial charge in [0.15, 0.2) is 6.10 Å². The van der Waals surface area contributed by atoms with Crippen LogP contribution >= 0.6 is 24.2 Å². The fraction of sp³-hybridized carbons (Fsp3) is 0.259. The van der Waals surface area contributed by atoms with Gasteiger partial charge in [0.1, 0.15) is 35.0 Å². The van der Waals surface area contributed by atoms with E-state index in [0.717, 1.165) is 11.1 Å². The Morgan fingerprint density at radius 2 is 1.69 bits per heavy atom. The van der Waals surface area contributed by atoms with Gasteiger partial charge in [-0.3, -0.25) is 9.59 Å². The number of halogens is 2. The molecule has 2 N–H and O–H groups in total. The quantitative estimate of drug-likeness (QED) is 0.366. The van der Waals surface area contributed by atoms with Gasteiger partial charge in [0.25, 0.3) is 0 Å². The number of rotatable bonds is 7. The number of carbonyl (C=O) groups is 2. The number of hydrogen-bond donors (Lipinski definition) is 1. The molecular weight excluding hydrogens is 503 g/mol. The average Bonchev–Trinajstić information content (AvgIpc) is 2.90. The number of nitrogens with two attached hydrogens (primary N) is 1. The highest BCUT2D eigenvalue weighted by atomic mass is 35.5. The van der Waals surface area contributed by atoms with Crippen molar-refractivity contribution < 1.29 is 23.5 Å². The summed E-state index contributed by atoms with van der Waals surface area (Å²) in [5, 5.41) is -0.170. The van der Waals surface area contributed by atoms with Crippen LogP contribution < -0.4 is 10.5 Å². The van der Waals surface area contributed by atoms with Gasteiger partial charge in [-0.15, -0.1) is 24.2 Å². The summed E-state index contributed by atoms with van der Waals surface area (Å²) in [6, 6.07) is 24.2. The lowest BCUT2D eigenvalue weighted by Crippen LogP contribution is -2.72. The molecule has 0 radical (unpaired) electrons. The Labute approximate surface area is 219 Å². The summed E-state index contributed by atoms with van der Waals surface area (Å²) in [6.07, 6.45) is -0.631. The fourth-order valence-corrected chi connectivity index (χ4v) is 5.86. The predicted molar refractivity (Wildman–Crippen MR) is 138 cm³/mol. The molecule has 0 bridgehead atoms. The minimum atomic E-state index is -1.15. The number of β-lactam (4-membered cyclic amide) rings is 1. The van der Waals surface area contributed by atoms with Gasteiger partial charge in [-0.1, -0.05) is 66.7 Å². The van der Waals surface area contributed by atoms with Gasteiger partial charge in [0, 0.05) is 18.4 Å². The summed E-state index contributed by atoms with van der Waals surface area (Å²) >= 11 is 1.44. The maximum atomic E-state index is 13.9. The number of thioether (sulfide) groups is 1. The summed E-state index contributed by atoms with van der Waals surface area (Å²) in [7, 11) is 0. The highest BCUT2D eigenvalue weighted by Crippen LogP contribution is 2.43.